The number of likely N-dealkylation sites (tertiary alicyclic amines) is 1. The summed E-state index contributed by atoms with van der Waals surface area (Å²) in [5.74, 6) is 3.94. The fourth-order valence-corrected chi connectivity index (χ4v) is 5.81. The minimum Gasteiger partial charge on any atom is -0.369 e. The van der Waals surface area contributed by atoms with Gasteiger partial charge in [0.15, 0.2) is 9.84 Å². The number of hydrogen-bond acceptors (Lipinski definition) is 7. The van der Waals surface area contributed by atoms with Crippen molar-refractivity contribution < 1.29 is 23.1 Å². The van der Waals surface area contributed by atoms with E-state index in [1.54, 1.807) is 31.3 Å². The van der Waals surface area contributed by atoms with Crippen molar-refractivity contribution in [2.24, 2.45) is 16.8 Å². The molecule has 0 spiro atoms. The van der Waals surface area contributed by atoms with Crippen LogP contribution in [0.1, 0.15) is 18.4 Å². The van der Waals surface area contributed by atoms with Crippen LogP contribution in [0, 0.1) is 17.8 Å². The van der Waals surface area contributed by atoms with Gasteiger partial charge in [0.05, 0.1) is 23.2 Å². The molecule has 0 radical (unpaired) electrons. The van der Waals surface area contributed by atoms with Crippen molar-refractivity contribution in [2.45, 2.75) is 24.5 Å². The van der Waals surface area contributed by atoms with Crippen LogP contribution in [-0.2, 0) is 19.4 Å². The summed E-state index contributed by atoms with van der Waals surface area (Å²) < 4.78 is 24.4. The van der Waals surface area contributed by atoms with Gasteiger partial charge in [0, 0.05) is 31.5 Å². The molecule has 2 amide bonds. The van der Waals surface area contributed by atoms with Crippen LogP contribution in [0.25, 0.3) is 0 Å². The molecule has 3 aliphatic heterocycles. The largest absolute Gasteiger partial charge is 0.369 e. The van der Waals surface area contributed by atoms with Crippen molar-refractivity contribution >= 4 is 33.1 Å². The van der Waals surface area contributed by atoms with Crippen LogP contribution in [0.3, 0.4) is 0 Å². The van der Waals surface area contributed by atoms with E-state index >= 15 is 0 Å². The highest BCUT2D eigenvalue weighted by molar-refractivity contribution is 7.91. The van der Waals surface area contributed by atoms with E-state index in [2.05, 4.69) is 16.9 Å². The Kier molecular flexibility index (Phi) is 4.83. The molecule has 3 heterocycles. The quantitative estimate of drug-likeness (QED) is 0.584. The van der Waals surface area contributed by atoms with Crippen molar-refractivity contribution in [2.75, 3.05) is 30.1 Å². The smallest absolute Gasteiger partial charge is 0.267 e. The molecule has 30 heavy (non-hydrogen) atoms. The molecule has 2 unspecified atom stereocenters. The molecular weight excluding hydrogens is 408 g/mol. The number of nitrogens with zero attached hydrogens (tertiary/aromatic N) is 3. The summed E-state index contributed by atoms with van der Waals surface area (Å²) in [5, 5.41) is 16.3. The van der Waals surface area contributed by atoms with Crippen LogP contribution in [0.5, 0.6) is 0 Å². The zero-order valence-electron chi connectivity index (χ0n) is 16.4. The summed E-state index contributed by atoms with van der Waals surface area (Å²) in [4.78, 5) is 25.4. The molecule has 4 rings (SSSR count). The number of sulfone groups is 1. The van der Waals surface area contributed by atoms with E-state index in [4.69, 9.17) is 5.73 Å². The Labute approximate surface area is 174 Å². The number of nitrogens with two attached hydrogens (primary N) is 1. The summed E-state index contributed by atoms with van der Waals surface area (Å²) in [6, 6.07) is 6.35. The number of aliphatic hydroxyl groups is 1. The summed E-state index contributed by atoms with van der Waals surface area (Å²) in [6.07, 6.45) is 0.530. The highest BCUT2D eigenvalue weighted by atomic mass is 32.2. The third-order valence-corrected chi connectivity index (χ3v) is 7.50. The first-order valence-corrected chi connectivity index (χ1v) is 11.4. The zero-order chi connectivity index (χ0) is 21.7. The van der Waals surface area contributed by atoms with Gasteiger partial charge in [-0.15, -0.1) is 0 Å². The fourth-order valence-electron chi connectivity index (χ4n) is 4.14. The number of amides is 2. The van der Waals surface area contributed by atoms with E-state index in [1.807, 2.05) is 0 Å². The number of fused-ring (bicyclic) bond motifs is 1. The number of primary amides is 1. The first kappa shape index (κ1) is 20.4. The maximum Gasteiger partial charge on any atom is 0.267 e. The van der Waals surface area contributed by atoms with Gasteiger partial charge in [-0.1, -0.05) is 17.9 Å². The molecule has 0 aromatic heterocycles. The molecule has 2 fully saturated rings. The van der Waals surface area contributed by atoms with Crippen LogP contribution < -0.4 is 10.7 Å². The third kappa shape index (κ3) is 3.55. The van der Waals surface area contributed by atoms with Gasteiger partial charge in [-0.3, -0.25) is 14.6 Å². The van der Waals surface area contributed by atoms with E-state index < -0.39 is 33.3 Å². The number of anilines is 1. The summed E-state index contributed by atoms with van der Waals surface area (Å²) >= 11 is 0. The van der Waals surface area contributed by atoms with Crippen LogP contribution in [0.15, 0.2) is 29.4 Å². The van der Waals surface area contributed by atoms with Crippen molar-refractivity contribution in [1.29, 1.82) is 0 Å². The standard InChI is InChI=1S/C20H22N4O5S/c1-23-9-8-20(27,19(23)26)7-5-13-3-2-4-14(11-13)24-16-12-30(28,29)10-6-15(16)17(22-24)18(21)25/h2-4,11,15-16,27H,6,8-10,12H2,1H3,(H2,21,25)/t15?,16?,20-/m0/s1. The third-order valence-electron chi connectivity index (χ3n) is 5.80. The number of carbonyl (C=O) groups excluding carboxylic acids is 2. The Bertz CT molecular complexity index is 1120. The monoisotopic (exact) mass is 430 g/mol. The Morgan fingerprint density at radius 2 is 2.17 bits per heavy atom. The maximum atomic E-state index is 12.2. The lowest BCUT2D eigenvalue weighted by molar-refractivity contribution is -0.137. The molecule has 3 aliphatic rings. The number of hydrogen-bond donors (Lipinski definition) is 2. The van der Waals surface area contributed by atoms with E-state index in [9.17, 15) is 23.1 Å². The second kappa shape index (κ2) is 7.11. The van der Waals surface area contributed by atoms with Crippen molar-refractivity contribution in [3.63, 3.8) is 0 Å². The van der Waals surface area contributed by atoms with Gasteiger partial charge in [0.25, 0.3) is 11.8 Å². The molecule has 2 saturated heterocycles. The van der Waals surface area contributed by atoms with E-state index in [0.29, 0.717) is 24.2 Å². The fraction of sp³-hybridized carbons (Fsp3) is 0.450. The predicted octanol–water partition coefficient (Wildman–Crippen LogP) is -0.904. The highest BCUT2D eigenvalue weighted by Gasteiger charge is 2.46. The number of likely N-dealkylation sites (N-methyl/N-ethyl adjacent to an activating group) is 1. The first-order chi connectivity index (χ1) is 14.1. The van der Waals surface area contributed by atoms with Gasteiger partial charge in [-0.2, -0.15) is 5.10 Å². The highest BCUT2D eigenvalue weighted by Crippen LogP contribution is 2.35. The van der Waals surface area contributed by atoms with E-state index in [0.717, 1.165) is 0 Å². The van der Waals surface area contributed by atoms with Gasteiger partial charge in [-0.25, -0.2) is 8.42 Å². The minimum absolute atomic E-state index is 0.000872. The average Bonchev–Trinajstić information content (AvgIpc) is 3.19. The van der Waals surface area contributed by atoms with Crippen molar-refractivity contribution in [3.8, 4) is 11.8 Å². The lowest BCUT2D eigenvalue weighted by Gasteiger charge is -2.31. The molecule has 3 atom stereocenters. The zero-order valence-corrected chi connectivity index (χ0v) is 17.2. The Balaban J connectivity index is 1.66. The molecule has 1 aromatic carbocycles. The molecule has 0 aliphatic carbocycles. The summed E-state index contributed by atoms with van der Waals surface area (Å²) in [7, 11) is -1.64. The normalized spacial score (nSPS) is 29.8. The number of rotatable bonds is 2. The summed E-state index contributed by atoms with van der Waals surface area (Å²) in [5.41, 5.74) is 5.03. The Hall–Kier alpha value is -2.90. The second-order valence-corrected chi connectivity index (χ2v) is 10.1. The van der Waals surface area contributed by atoms with Crippen LogP contribution in [0.2, 0.25) is 0 Å². The van der Waals surface area contributed by atoms with Crippen LogP contribution in [-0.4, -0.2) is 72.7 Å². The first-order valence-electron chi connectivity index (χ1n) is 9.59. The predicted molar refractivity (Wildman–Crippen MR) is 110 cm³/mol. The van der Waals surface area contributed by atoms with E-state index in [1.165, 1.54) is 9.91 Å². The van der Waals surface area contributed by atoms with Gasteiger partial charge in [0.1, 0.15) is 5.71 Å². The molecule has 158 valence electrons. The van der Waals surface area contributed by atoms with Crippen molar-refractivity contribution in [1.82, 2.24) is 4.90 Å². The molecular formula is C20H22N4O5S. The average molecular weight is 430 g/mol. The lowest BCUT2D eigenvalue weighted by Crippen LogP contribution is -2.46. The molecule has 10 heteroatoms. The summed E-state index contributed by atoms with van der Waals surface area (Å²) in [6.45, 7) is 0.431. The van der Waals surface area contributed by atoms with Crippen LogP contribution >= 0.6 is 0 Å². The van der Waals surface area contributed by atoms with Crippen LogP contribution in [0.4, 0.5) is 5.69 Å². The number of benzene rings is 1. The van der Waals surface area contributed by atoms with Gasteiger partial charge < -0.3 is 15.7 Å². The van der Waals surface area contributed by atoms with Gasteiger partial charge in [-0.05, 0) is 24.6 Å². The molecule has 0 bridgehead atoms. The lowest BCUT2D eigenvalue weighted by atomic mass is 9.93. The molecule has 1 aromatic rings. The molecule has 3 N–H and O–H groups in total. The SMILES string of the molecule is CN1CC[C@@](O)(C#Cc2cccc(N3N=C(C(N)=O)C4CCS(=O)(=O)CC43)c2)C1=O. The van der Waals surface area contributed by atoms with Gasteiger partial charge in [0.2, 0.25) is 5.60 Å². The Morgan fingerprint density at radius 1 is 1.40 bits per heavy atom. The van der Waals surface area contributed by atoms with Gasteiger partial charge >= 0.3 is 0 Å². The van der Waals surface area contributed by atoms with E-state index in [-0.39, 0.29) is 29.6 Å². The van der Waals surface area contributed by atoms with Crippen molar-refractivity contribution in [3.05, 3.63) is 29.8 Å². The Morgan fingerprint density at radius 3 is 2.83 bits per heavy atom. The maximum absolute atomic E-state index is 12.2. The molecule has 9 nitrogen and oxygen atoms in total. The molecule has 0 saturated carbocycles. The minimum atomic E-state index is -3.25. The number of hydrazone groups is 1. The second-order valence-electron chi connectivity index (χ2n) is 7.91. The number of carbonyl (C=O) groups is 2. The topological polar surface area (TPSA) is 133 Å².